The Morgan fingerprint density at radius 3 is 2.00 bits per heavy atom. The third kappa shape index (κ3) is 2.48. The van der Waals surface area contributed by atoms with Crippen molar-refractivity contribution in [1.29, 1.82) is 0 Å². The van der Waals surface area contributed by atoms with Crippen molar-refractivity contribution >= 4 is 21.5 Å². The van der Waals surface area contributed by atoms with Gasteiger partial charge in [-0.25, -0.2) is 0 Å². The monoisotopic (exact) mass is 282 g/mol. The molecule has 4 aromatic carbocycles. The predicted molar refractivity (Wildman–Crippen MR) is 95.3 cm³/mol. The molecule has 0 fully saturated rings. The van der Waals surface area contributed by atoms with Crippen LogP contribution >= 0.6 is 0 Å². The number of rotatable bonds is 3. The molecular weight excluding hydrogens is 264 g/mol. The van der Waals surface area contributed by atoms with Gasteiger partial charge in [0.1, 0.15) is 0 Å². The molecule has 0 atom stereocenters. The summed E-state index contributed by atoms with van der Waals surface area (Å²) in [6.07, 6.45) is 2.17. The topological polar surface area (TPSA) is 0 Å². The number of hydrogen-bond donors (Lipinski definition) is 0. The molecule has 0 aliphatic rings. The van der Waals surface area contributed by atoms with E-state index in [0.29, 0.717) is 0 Å². The summed E-state index contributed by atoms with van der Waals surface area (Å²) in [5, 5.41) is 5.36. The van der Waals surface area contributed by atoms with E-state index in [1.54, 1.807) is 0 Å². The summed E-state index contributed by atoms with van der Waals surface area (Å²) in [7, 11) is 0. The van der Waals surface area contributed by atoms with E-state index >= 15 is 0 Å². The highest BCUT2D eigenvalue weighted by Gasteiger charge is 2.03. The largest absolute Gasteiger partial charge is 0.0622 e. The third-order valence-corrected chi connectivity index (χ3v) is 4.36. The van der Waals surface area contributed by atoms with Crippen molar-refractivity contribution in [3.63, 3.8) is 0 Å². The minimum atomic E-state index is 1.08. The van der Waals surface area contributed by atoms with Gasteiger partial charge in [0.05, 0.1) is 0 Å². The molecule has 0 spiro atoms. The molecule has 0 nitrogen and oxygen atoms in total. The zero-order valence-corrected chi connectivity index (χ0v) is 12.5. The van der Waals surface area contributed by atoms with Gasteiger partial charge in [-0.15, -0.1) is 0 Å². The van der Waals surface area contributed by atoms with E-state index in [2.05, 4.69) is 84.9 Å². The van der Waals surface area contributed by atoms with Crippen molar-refractivity contribution < 1.29 is 0 Å². The number of hydrogen-bond acceptors (Lipinski definition) is 0. The van der Waals surface area contributed by atoms with Crippen LogP contribution in [0.25, 0.3) is 21.5 Å². The van der Waals surface area contributed by atoms with E-state index < -0.39 is 0 Å². The second-order valence-corrected chi connectivity index (χ2v) is 5.82. The summed E-state index contributed by atoms with van der Waals surface area (Å²) in [6, 6.07) is 30.6. The molecule has 0 radical (unpaired) electrons. The molecule has 0 heterocycles. The summed E-state index contributed by atoms with van der Waals surface area (Å²) < 4.78 is 0. The van der Waals surface area contributed by atoms with Gasteiger partial charge in [0, 0.05) is 0 Å². The number of benzene rings is 4. The molecule has 0 aliphatic carbocycles. The van der Waals surface area contributed by atoms with Crippen LogP contribution in [-0.2, 0) is 12.8 Å². The van der Waals surface area contributed by atoms with Gasteiger partial charge in [0.25, 0.3) is 0 Å². The Labute approximate surface area is 131 Å². The van der Waals surface area contributed by atoms with Gasteiger partial charge in [0.15, 0.2) is 0 Å². The SMILES string of the molecule is c1ccc(CCc2cccc3cc4ccccc4cc23)cc1. The Balaban J connectivity index is 1.75. The van der Waals surface area contributed by atoms with Crippen molar-refractivity contribution in [2.45, 2.75) is 12.8 Å². The van der Waals surface area contributed by atoms with E-state index in [-0.39, 0.29) is 0 Å². The van der Waals surface area contributed by atoms with Gasteiger partial charge in [-0.2, -0.15) is 0 Å². The van der Waals surface area contributed by atoms with Crippen LogP contribution in [0, 0.1) is 0 Å². The molecule has 106 valence electrons. The summed E-state index contributed by atoms with van der Waals surface area (Å²) in [5.41, 5.74) is 2.84. The average molecular weight is 282 g/mol. The van der Waals surface area contributed by atoms with Crippen LogP contribution in [0.5, 0.6) is 0 Å². The Morgan fingerprint density at radius 1 is 0.500 bits per heavy atom. The van der Waals surface area contributed by atoms with Crippen LogP contribution in [-0.4, -0.2) is 0 Å². The Kier molecular flexibility index (Phi) is 3.36. The summed E-state index contributed by atoms with van der Waals surface area (Å²) in [6.45, 7) is 0. The first-order chi connectivity index (χ1) is 10.9. The Morgan fingerprint density at radius 2 is 1.18 bits per heavy atom. The van der Waals surface area contributed by atoms with E-state index in [9.17, 15) is 0 Å². The molecule has 0 aromatic heterocycles. The smallest absolute Gasteiger partial charge is 0.0145 e. The van der Waals surface area contributed by atoms with Crippen LogP contribution in [0.1, 0.15) is 11.1 Å². The molecule has 0 N–H and O–H groups in total. The first kappa shape index (κ1) is 13.1. The van der Waals surface area contributed by atoms with Crippen LogP contribution in [0.3, 0.4) is 0 Å². The van der Waals surface area contributed by atoms with Gasteiger partial charge in [-0.05, 0) is 57.6 Å². The lowest BCUT2D eigenvalue weighted by Crippen LogP contribution is -1.92. The minimum absolute atomic E-state index is 1.08. The fourth-order valence-corrected chi connectivity index (χ4v) is 3.17. The standard InChI is InChI=1S/C22H18/c1-2-7-17(8-3-1)13-14-18-11-6-12-21-15-19-9-4-5-10-20(19)16-22(18)21/h1-12,15-16H,13-14H2. The Hall–Kier alpha value is -2.60. The maximum absolute atomic E-state index is 2.34. The molecule has 0 aliphatic heterocycles. The average Bonchev–Trinajstić information content (AvgIpc) is 2.59. The maximum Gasteiger partial charge on any atom is -0.0145 e. The maximum atomic E-state index is 2.34. The predicted octanol–water partition coefficient (Wildman–Crippen LogP) is 5.78. The van der Waals surface area contributed by atoms with E-state index in [1.807, 2.05) is 0 Å². The zero-order valence-electron chi connectivity index (χ0n) is 12.5. The zero-order chi connectivity index (χ0) is 14.8. The quantitative estimate of drug-likeness (QED) is 0.418. The van der Waals surface area contributed by atoms with Gasteiger partial charge in [-0.3, -0.25) is 0 Å². The van der Waals surface area contributed by atoms with Crippen LogP contribution in [0.4, 0.5) is 0 Å². The molecule has 0 saturated heterocycles. The fraction of sp³-hybridized carbons (Fsp3) is 0.0909. The van der Waals surface area contributed by atoms with E-state index in [4.69, 9.17) is 0 Å². The van der Waals surface area contributed by atoms with Gasteiger partial charge < -0.3 is 0 Å². The third-order valence-electron chi connectivity index (χ3n) is 4.36. The van der Waals surface area contributed by atoms with Crippen molar-refractivity contribution in [2.24, 2.45) is 0 Å². The highest BCUT2D eigenvalue weighted by atomic mass is 14.1. The first-order valence-electron chi connectivity index (χ1n) is 7.84. The van der Waals surface area contributed by atoms with Crippen LogP contribution < -0.4 is 0 Å². The molecule has 22 heavy (non-hydrogen) atoms. The fourth-order valence-electron chi connectivity index (χ4n) is 3.17. The van der Waals surface area contributed by atoms with E-state index in [0.717, 1.165) is 12.8 Å². The molecule has 0 unspecified atom stereocenters. The molecule has 0 saturated carbocycles. The van der Waals surface area contributed by atoms with Gasteiger partial charge in [-0.1, -0.05) is 72.8 Å². The normalized spacial score (nSPS) is 11.1. The molecule has 4 aromatic rings. The number of fused-ring (bicyclic) bond motifs is 2. The van der Waals surface area contributed by atoms with Crippen LogP contribution in [0.15, 0.2) is 84.9 Å². The second-order valence-electron chi connectivity index (χ2n) is 5.82. The van der Waals surface area contributed by atoms with Crippen LogP contribution in [0.2, 0.25) is 0 Å². The summed E-state index contributed by atoms with van der Waals surface area (Å²) in [4.78, 5) is 0. The van der Waals surface area contributed by atoms with Crippen molar-refractivity contribution in [3.05, 3.63) is 96.1 Å². The summed E-state index contributed by atoms with van der Waals surface area (Å²) >= 11 is 0. The highest BCUT2D eigenvalue weighted by molar-refractivity contribution is 5.99. The lowest BCUT2D eigenvalue weighted by atomic mass is 9.96. The highest BCUT2D eigenvalue weighted by Crippen LogP contribution is 2.26. The van der Waals surface area contributed by atoms with E-state index in [1.165, 1.54) is 32.7 Å². The van der Waals surface area contributed by atoms with Gasteiger partial charge in [0.2, 0.25) is 0 Å². The number of aryl methyl sites for hydroxylation is 2. The van der Waals surface area contributed by atoms with Crippen molar-refractivity contribution in [2.75, 3.05) is 0 Å². The molecular formula is C22H18. The molecule has 4 rings (SSSR count). The molecule has 0 bridgehead atoms. The lowest BCUT2D eigenvalue weighted by molar-refractivity contribution is 0.969. The van der Waals surface area contributed by atoms with Crippen molar-refractivity contribution in [3.8, 4) is 0 Å². The minimum Gasteiger partial charge on any atom is -0.0622 e. The van der Waals surface area contributed by atoms with Gasteiger partial charge >= 0.3 is 0 Å². The Bertz CT molecular complexity index is 920. The molecule has 0 amide bonds. The lowest BCUT2D eigenvalue weighted by Gasteiger charge is -2.09. The van der Waals surface area contributed by atoms with Crippen molar-refractivity contribution in [1.82, 2.24) is 0 Å². The summed E-state index contributed by atoms with van der Waals surface area (Å²) in [5.74, 6) is 0. The second kappa shape index (κ2) is 5.65. The molecule has 0 heteroatoms. The first-order valence-corrected chi connectivity index (χ1v) is 7.84.